The van der Waals surface area contributed by atoms with Gasteiger partial charge in [0, 0.05) is 45.9 Å². The van der Waals surface area contributed by atoms with Crippen LogP contribution >= 0.6 is 0 Å². The van der Waals surface area contributed by atoms with E-state index in [1.54, 1.807) is 74.1 Å². The van der Waals surface area contributed by atoms with Gasteiger partial charge in [-0.3, -0.25) is 38.6 Å². The average molecular weight is 1180 g/mol. The Bertz CT molecular complexity index is 2960. The lowest BCUT2D eigenvalue weighted by Gasteiger charge is -2.42. The zero-order valence-electron chi connectivity index (χ0n) is 53.0. The first-order valence-electron chi connectivity index (χ1n) is 29.5. The van der Waals surface area contributed by atoms with E-state index in [1.807, 2.05) is 87.5 Å². The molecule has 3 aliphatic rings. The maximum atomic E-state index is 15.5. The van der Waals surface area contributed by atoms with Crippen LogP contribution in [-0.2, 0) is 73.6 Å². The molecular weight excluding hydrogens is 1080 g/mol. The molecule has 6 rings (SSSR count). The Labute approximate surface area is 502 Å². The van der Waals surface area contributed by atoms with E-state index in [2.05, 4.69) is 27.3 Å². The summed E-state index contributed by atoms with van der Waals surface area (Å²) in [7, 11) is 4.12. The van der Waals surface area contributed by atoms with Crippen LogP contribution in [-0.4, -0.2) is 154 Å². The molecule has 2 heterocycles. The lowest BCUT2D eigenvalue weighted by atomic mass is 9.83. The van der Waals surface area contributed by atoms with E-state index in [9.17, 15) is 33.6 Å². The Balaban J connectivity index is 1.38. The Kier molecular flexibility index (Phi) is 21.0. The quantitative estimate of drug-likeness (QED) is 0.0817. The van der Waals surface area contributed by atoms with Crippen LogP contribution in [0.4, 0.5) is 9.59 Å². The van der Waals surface area contributed by atoms with Crippen LogP contribution < -0.4 is 21.3 Å². The molecule has 3 aromatic rings. The smallest absolute Gasteiger partial charge is 0.410 e. The second-order valence-electron chi connectivity index (χ2n) is 27.2. The number of rotatable bonds is 16. The van der Waals surface area contributed by atoms with E-state index in [1.165, 1.54) is 37.9 Å². The van der Waals surface area contributed by atoms with Gasteiger partial charge in [0.2, 0.25) is 35.4 Å². The number of hydrogen-bond donors (Lipinski definition) is 4. The summed E-state index contributed by atoms with van der Waals surface area (Å²) in [6.45, 7) is 24.1. The van der Waals surface area contributed by atoms with Crippen molar-refractivity contribution in [2.45, 2.75) is 207 Å². The second-order valence-corrected chi connectivity index (χ2v) is 27.2. The molecule has 2 aliphatic heterocycles. The van der Waals surface area contributed by atoms with Crippen LogP contribution in [0.3, 0.4) is 0 Å². The van der Waals surface area contributed by atoms with Gasteiger partial charge in [0.15, 0.2) is 0 Å². The summed E-state index contributed by atoms with van der Waals surface area (Å²) in [5, 5.41) is 12.0. The summed E-state index contributed by atoms with van der Waals surface area (Å²) in [4.78, 5) is 134. The number of nitrogens with one attached hydrogen (secondary N) is 4. The predicted molar refractivity (Wildman–Crippen MR) is 321 cm³/mol. The van der Waals surface area contributed by atoms with Gasteiger partial charge in [-0.2, -0.15) is 0 Å². The SMILES string of the molecule is COC(=O)[C@H](Cc1ccccc1)NC(=O)[C@@H]1Cc2ccc([C@H]3C[C@@H](C(=O)N[C@@H]4CCCc5ccccc54)N(C(=O)[C@@H](NC(=O)[C@H](C)N(C)C(=O)OC(C)(C)C)C(C)(C)C)C3)cc2CN1C(=O)[C@@H](NC(=O)[C@H](C)N(C)C(=O)OC(C)(C)C)C(C)(C)C. The summed E-state index contributed by atoms with van der Waals surface area (Å²) in [6.07, 6.45) is 1.29. The van der Waals surface area contributed by atoms with E-state index in [-0.39, 0.29) is 44.3 Å². The number of ether oxygens (including phenoxy) is 3. The molecule has 9 atom stereocenters. The molecule has 0 unspecified atom stereocenters. The number of hydrogen-bond acceptors (Lipinski definition) is 12. The average Bonchev–Trinajstić information content (AvgIpc) is 2.45. The molecule has 85 heavy (non-hydrogen) atoms. The molecule has 0 bridgehead atoms. The van der Waals surface area contributed by atoms with Gasteiger partial charge >= 0.3 is 18.2 Å². The minimum absolute atomic E-state index is 0.00663. The zero-order chi connectivity index (χ0) is 63.3. The first kappa shape index (κ1) is 66.6. The van der Waals surface area contributed by atoms with E-state index in [0.717, 1.165) is 45.6 Å². The molecule has 4 N–H and O–H groups in total. The minimum atomic E-state index is -1.24. The molecular formula is C65H92N8O12. The monoisotopic (exact) mass is 1180 g/mol. The molecule has 1 aliphatic carbocycles. The molecule has 0 spiro atoms. The number of likely N-dealkylation sites (N-methyl/N-ethyl adjacent to an activating group) is 2. The highest BCUT2D eigenvalue weighted by molar-refractivity contribution is 5.97. The summed E-state index contributed by atoms with van der Waals surface area (Å²) in [5.41, 5.74) is 1.59. The fraction of sp³-hybridized carbons (Fsp3) is 0.585. The number of benzene rings is 3. The maximum Gasteiger partial charge on any atom is 0.410 e. The molecule has 0 aromatic heterocycles. The number of likely N-dealkylation sites (tertiary alicyclic amines) is 1. The largest absolute Gasteiger partial charge is 0.467 e. The highest BCUT2D eigenvalue weighted by atomic mass is 16.6. The van der Waals surface area contributed by atoms with Gasteiger partial charge in [-0.15, -0.1) is 0 Å². The molecule has 1 fully saturated rings. The highest BCUT2D eigenvalue weighted by Crippen LogP contribution is 2.38. The minimum Gasteiger partial charge on any atom is -0.467 e. The van der Waals surface area contributed by atoms with Crippen molar-refractivity contribution in [2.24, 2.45) is 10.8 Å². The second kappa shape index (κ2) is 26.8. The van der Waals surface area contributed by atoms with E-state index in [0.29, 0.717) is 12.0 Å². The first-order chi connectivity index (χ1) is 39.5. The third-order valence-corrected chi connectivity index (χ3v) is 16.2. The number of carbonyl (C=O) groups is 9. The van der Waals surface area contributed by atoms with Gasteiger partial charge in [0.05, 0.1) is 13.2 Å². The lowest BCUT2D eigenvalue weighted by Crippen LogP contribution is -2.63. The van der Waals surface area contributed by atoms with Crippen molar-refractivity contribution in [3.8, 4) is 0 Å². The number of methoxy groups -OCH3 is 1. The van der Waals surface area contributed by atoms with Crippen molar-refractivity contribution in [3.05, 3.63) is 106 Å². The van der Waals surface area contributed by atoms with Crippen LogP contribution in [0, 0.1) is 10.8 Å². The van der Waals surface area contributed by atoms with Gasteiger partial charge in [0.25, 0.3) is 0 Å². The van der Waals surface area contributed by atoms with E-state index < -0.39 is 118 Å². The summed E-state index contributed by atoms with van der Waals surface area (Å²) < 4.78 is 16.2. The molecule has 464 valence electrons. The van der Waals surface area contributed by atoms with E-state index in [4.69, 9.17) is 14.2 Å². The van der Waals surface area contributed by atoms with Gasteiger partial charge in [0.1, 0.15) is 53.5 Å². The maximum absolute atomic E-state index is 15.5. The van der Waals surface area contributed by atoms with Crippen molar-refractivity contribution in [1.29, 1.82) is 0 Å². The number of aryl methyl sites for hydroxylation is 1. The number of nitrogens with zero attached hydrogens (tertiary/aromatic N) is 4. The molecule has 20 nitrogen and oxygen atoms in total. The molecule has 0 saturated carbocycles. The van der Waals surface area contributed by atoms with Gasteiger partial charge < -0.3 is 45.3 Å². The van der Waals surface area contributed by atoms with Gasteiger partial charge in [-0.05, 0) is 125 Å². The number of esters is 1. The number of amides is 8. The summed E-state index contributed by atoms with van der Waals surface area (Å²) in [5.74, 6) is -4.41. The Morgan fingerprint density at radius 3 is 1.68 bits per heavy atom. The molecule has 3 aromatic carbocycles. The Morgan fingerprint density at radius 1 is 0.624 bits per heavy atom. The normalized spacial score (nSPS) is 19.7. The summed E-state index contributed by atoms with van der Waals surface area (Å²) in [6, 6.07) is 14.7. The lowest BCUT2D eigenvalue weighted by molar-refractivity contribution is -0.149. The summed E-state index contributed by atoms with van der Waals surface area (Å²) >= 11 is 0. The van der Waals surface area contributed by atoms with Crippen molar-refractivity contribution >= 4 is 53.6 Å². The van der Waals surface area contributed by atoms with Gasteiger partial charge in [-0.1, -0.05) is 114 Å². The predicted octanol–water partition coefficient (Wildman–Crippen LogP) is 7.29. The first-order valence-corrected chi connectivity index (χ1v) is 29.5. The third kappa shape index (κ3) is 16.9. The molecule has 0 radical (unpaired) electrons. The van der Waals surface area contributed by atoms with Crippen molar-refractivity contribution in [2.75, 3.05) is 27.7 Å². The van der Waals surface area contributed by atoms with Crippen molar-refractivity contribution in [3.63, 3.8) is 0 Å². The number of carbonyl (C=O) groups excluding carboxylic acids is 9. The van der Waals surface area contributed by atoms with Crippen molar-refractivity contribution < 1.29 is 57.4 Å². The Hall–Kier alpha value is -7.51. The fourth-order valence-electron chi connectivity index (χ4n) is 11.0. The fourth-order valence-corrected chi connectivity index (χ4v) is 11.0. The van der Waals surface area contributed by atoms with Gasteiger partial charge in [-0.25, -0.2) is 14.4 Å². The topological polar surface area (TPSA) is 242 Å². The van der Waals surface area contributed by atoms with Crippen LogP contribution in [0.15, 0.2) is 72.8 Å². The Morgan fingerprint density at radius 2 is 1.15 bits per heavy atom. The highest BCUT2D eigenvalue weighted by Gasteiger charge is 2.48. The molecule has 20 heteroatoms. The molecule has 1 saturated heterocycles. The third-order valence-electron chi connectivity index (χ3n) is 16.2. The van der Waals surface area contributed by atoms with Crippen LogP contribution in [0.25, 0.3) is 0 Å². The van der Waals surface area contributed by atoms with Crippen LogP contribution in [0.5, 0.6) is 0 Å². The number of fused-ring (bicyclic) bond motifs is 2. The van der Waals surface area contributed by atoms with Crippen LogP contribution in [0.2, 0.25) is 0 Å². The zero-order valence-corrected chi connectivity index (χ0v) is 53.0. The molecule has 8 amide bonds. The van der Waals surface area contributed by atoms with Crippen LogP contribution in [0.1, 0.15) is 162 Å². The van der Waals surface area contributed by atoms with Crippen molar-refractivity contribution in [1.82, 2.24) is 40.9 Å². The van der Waals surface area contributed by atoms with E-state index >= 15 is 9.59 Å². The standard InChI is InChI=1S/C65H92N8O12/c1-38(70(15)60(81)84-64(9,10)11)53(74)68-51(62(3,4)5)57(78)72-36-44-33-42(30-31-43(44)34-49(72)56(77)67-48(59(80)83-17)32-40-24-19-18-20-25-40)45-35-50(55(76)66-47-29-23-27-41-26-21-22-28-46(41)47)73(37-45)58(79)52(63(6,7)8)69-54(75)39(2)71(16)61(82)85-65(12,13)14/h18-22,24-26,28,30-31,33,38-39,45,47-52H,23,27,29,32,34-37H2,1-17H3,(H,66,76)(H,67,77)(H,68,74)(H,69,75)/t38-,39-,45-,47+,48-,49-,50-,51+,52+/m0/s1.